The van der Waals surface area contributed by atoms with E-state index in [1.165, 1.54) is 33.0 Å². The Morgan fingerprint density at radius 3 is 2.57 bits per heavy atom. The van der Waals surface area contributed by atoms with Crippen LogP contribution in [0.4, 0.5) is 0 Å². The normalized spacial score (nSPS) is 17.1. The molecule has 0 aliphatic carbocycles. The second kappa shape index (κ2) is 8.15. The molecule has 0 amide bonds. The quantitative estimate of drug-likeness (QED) is 0.719. The van der Waals surface area contributed by atoms with E-state index in [2.05, 4.69) is 16.8 Å². The standard InChI is InChI=1S/C17H26N2O2/c1-18(12-13-19-10-6-7-11-19)14-16(17(20)21-2)15-8-4-3-5-9-15/h3-5,8-9,16H,6-7,10-14H2,1-2H3. The predicted molar refractivity (Wildman–Crippen MR) is 84.4 cm³/mol. The highest BCUT2D eigenvalue weighted by Gasteiger charge is 2.23. The zero-order chi connectivity index (χ0) is 15.1. The molecule has 1 saturated heterocycles. The van der Waals surface area contributed by atoms with Crippen molar-refractivity contribution >= 4 is 5.97 Å². The Kier molecular flexibility index (Phi) is 6.21. The number of methoxy groups -OCH3 is 1. The lowest BCUT2D eigenvalue weighted by Gasteiger charge is -2.25. The van der Waals surface area contributed by atoms with Crippen LogP contribution < -0.4 is 0 Å². The van der Waals surface area contributed by atoms with Crippen LogP contribution in [0.3, 0.4) is 0 Å². The Morgan fingerprint density at radius 1 is 1.29 bits per heavy atom. The largest absolute Gasteiger partial charge is 0.469 e. The van der Waals surface area contributed by atoms with Crippen LogP contribution in [-0.4, -0.2) is 62.7 Å². The van der Waals surface area contributed by atoms with Gasteiger partial charge in [-0.25, -0.2) is 0 Å². The minimum Gasteiger partial charge on any atom is -0.469 e. The molecule has 1 fully saturated rings. The van der Waals surface area contributed by atoms with Crippen molar-refractivity contribution in [1.29, 1.82) is 0 Å². The molecule has 0 bridgehead atoms. The van der Waals surface area contributed by atoms with Gasteiger partial charge in [0, 0.05) is 19.6 Å². The average molecular weight is 290 g/mol. The summed E-state index contributed by atoms with van der Waals surface area (Å²) in [6.45, 7) is 5.20. The van der Waals surface area contributed by atoms with E-state index in [0.717, 1.165) is 18.7 Å². The van der Waals surface area contributed by atoms with Crippen molar-refractivity contribution in [1.82, 2.24) is 9.80 Å². The lowest BCUT2D eigenvalue weighted by molar-refractivity contribution is -0.142. The fourth-order valence-electron chi connectivity index (χ4n) is 2.86. The number of hydrogen-bond acceptors (Lipinski definition) is 4. The molecule has 0 aromatic heterocycles. The fraction of sp³-hybridized carbons (Fsp3) is 0.588. The summed E-state index contributed by atoms with van der Waals surface area (Å²) in [5, 5.41) is 0. The van der Waals surface area contributed by atoms with Gasteiger partial charge in [0.1, 0.15) is 0 Å². The average Bonchev–Trinajstić information content (AvgIpc) is 3.04. The van der Waals surface area contributed by atoms with Gasteiger partial charge in [0.05, 0.1) is 13.0 Å². The highest BCUT2D eigenvalue weighted by Crippen LogP contribution is 2.18. The number of benzene rings is 1. The number of carbonyl (C=O) groups is 1. The molecule has 1 aromatic rings. The lowest BCUT2D eigenvalue weighted by Crippen LogP contribution is -2.35. The molecule has 1 unspecified atom stereocenters. The van der Waals surface area contributed by atoms with Crippen molar-refractivity contribution in [2.45, 2.75) is 18.8 Å². The van der Waals surface area contributed by atoms with Gasteiger partial charge < -0.3 is 14.5 Å². The van der Waals surface area contributed by atoms with Gasteiger partial charge in [-0.05, 0) is 38.5 Å². The second-order valence-corrected chi connectivity index (χ2v) is 5.80. The minimum atomic E-state index is -0.209. The summed E-state index contributed by atoms with van der Waals surface area (Å²) in [5.41, 5.74) is 1.03. The first-order valence-corrected chi connectivity index (χ1v) is 7.74. The molecule has 21 heavy (non-hydrogen) atoms. The van der Waals surface area contributed by atoms with Crippen molar-refractivity contribution in [2.24, 2.45) is 0 Å². The van der Waals surface area contributed by atoms with Gasteiger partial charge in [0.2, 0.25) is 0 Å². The molecule has 0 N–H and O–H groups in total. The summed E-state index contributed by atoms with van der Waals surface area (Å²) in [6, 6.07) is 9.89. The molecule has 1 aliphatic heterocycles. The van der Waals surface area contributed by atoms with E-state index in [1.54, 1.807) is 0 Å². The van der Waals surface area contributed by atoms with Crippen molar-refractivity contribution < 1.29 is 9.53 Å². The summed E-state index contributed by atoms with van der Waals surface area (Å²) >= 11 is 0. The van der Waals surface area contributed by atoms with Crippen LogP contribution in [0.25, 0.3) is 0 Å². The molecular formula is C17H26N2O2. The van der Waals surface area contributed by atoms with E-state index >= 15 is 0 Å². The number of nitrogens with zero attached hydrogens (tertiary/aromatic N) is 2. The fourth-order valence-corrected chi connectivity index (χ4v) is 2.86. The van der Waals surface area contributed by atoms with Crippen molar-refractivity contribution in [2.75, 3.05) is 46.9 Å². The Morgan fingerprint density at radius 2 is 1.95 bits per heavy atom. The van der Waals surface area contributed by atoms with Gasteiger partial charge in [-0.3, -0.25) is 4.79 Å². The molecule has 4 heteroatoms. The highest BCUT2D eigenvalue weighted by molar-refractivity contribution is 5.78. The van der Waals surface area contributed by atoms with E-state index in [4.69, 9.17) is 4.74 Å². The Labute approximate surface area is 127 Å². The van der Waals surface area contributed by atoms with Crippen LogP contribution in [0.5, 0.6) is 0 Å². The molecular weight excluding hydrogens is 264 g/mol. The van der Waals surface area contributed by atoms with Gasteiger partial charge in [-0.1, -0.05) is 30.3 Å². The van der Waals surface area contributed by atoms with Crippen LogP contribution in [0, 0.1) is 0 Å². The number of likely N-dealkylation sites (tertiary alicyclic amines) is 1. The third-order valence-corrected chi connectivity index (χ3v) is 4.18. The number of rotatable bonds is 7. The summed E-state index contributed by atoms with van der Waals surface area (Å²) in [4.78, 5) is 16.8. The molecule has 116 valence electrons. The Hall–Kier alpha value is -1.39. The molecule has 0 radical (unpaired) electrons. The van der Waals surface area contributed by atoms with Crippen LogP contribution >= 0.6 is 0 Å². The number of likely N-dealkylation sites (N-methyl/N-ethyl adjacent to an activating group) is 1. The van der Waals surface area contributed by atoms with Crippen LogP contribution in [0.1, 0.15) is 24.3 Å². The van der Waals surface area contributed by atoms with E-state index in [-0.39, 0.29) is 11.9 Å². The SMILES string of the molecule is COC(=O)C(CN(C)CCN1CCCC1)c1ccccc1. The maximum absolute atomic E-state index is 12.0. The van der Waals surface area contributed by atoms with Crippen molar-refractivity contribution in [3.8, 4) is 0 Å². The second-order valence-electron chi connectivity index (χ2n) is 5.80. The van der Waals surface area contributed by atoms with Crippen LogP contribution in [0.2, 0.25) is 0 Å². The van der Waals surface area contributed by atoms with Crippen molar-refractivity contribution in [3.05, 3.63) is 35.9 Å². The van der Waals surface area contributed by atoms with Gasteiger partial charge in [-0.2, -0.15) is 0 Å². The summed E-state index contributed by atoms with van der Waals surface area (Å²) in [5.74, 6) is -0.367. The van der Waals surface area contributed by atoms with E-state index in [0.29, 0.717) is 6.54 Å². The monoisotopic (exact) mass is 290 g/mol. The molecule has 1 heterocycles. The molecule has 1 atom stereocenters. The van der Waals surface area contributed by atoms with Crippen LogP contribution in [-0.2, 0) is 9.53 Å². The maximum atomic E-state index is 12.0. The third kappa shape index (κ3) is 4.83. The number of carbonyl (C=O) groups excluding carboxylic acids is 1. The topological polar surface area (TPSA) is 32.8 Å². The minimum absolute atomic E-state index is 0.158. The first-order valence-electron chi connectivity index (χ1n) is 7.74. The van der Waals surface area contributed by atoms with E-state index in [9.17, 15) is 4.79 Å². The van der Waals surface area contributed by atoms with E-state index < -0.39 is 0 Å². The van der Waals surface area contributed by atoms with Gasteiger partial charge >= 0.3 is 5.97 Å². The Balaban J connectivity index is 1.90. The summed E-state index contributed by atoms with van der Waals surface area (Å²) in [7, 11) is 3.54. The zero-order valence-electron chi connectivity index (χ0n) is 13.1. The molecule has 0 spiro atoms. The molecule has 1 aromatic carbocycles. The van der Waals surface area contributed by atoms with Crippen molar-refractivity contribution in [3.63, 3.8) is 0 Å². The highest BCUT2D eigenvalue weighted by atomic mass is 16.5. The van der Waals surface area contributed by atoms with Gasteiger partial charge in [0.15, 0.2) is 0 Å². The molecule has 4 nitrogen and oxygen atoms in total. The van der Waals surface area contributed by atoms with Crippen LogP contribution in [0.15, 0.2) is 30.3 Å². The zero-order valence-corrected chi connectivity index (χ0v) is 13.1. The summed E-state index contributed by atoms with van der Waals surface area (Å²) < 4.78 is 4.97. The first kappa shape index (κ1) is 16.0. The number of ether oxygens (including phenoxy) is 1. The van der Waals surface area contributed by atoms with Gasteiger partial charge in [0.25, 0.3) is 0 Å². The van der Waals surface area contributed by atoms with E-state index in [1.807, 2.05) is 30.3 Å². The van der Waals surface area contributed by atoms with Gasteiger partial charge in [-0.15, -0.1) is 0 Å². The third-order valence-electron chi connectivity index (χ3n) is 4.18. The molecule has 2 rings (SSSR count). The first-order chi connectivity index (χ1) is 10.2. The number of esters is 1. The Bertz CT molecular complexity index is 430. The summed E-state index contributed by atoms with van der Waals surface area (Å²) in [6.07, 6.45) is 2.64. The molecule has 1 aliphatic rings. The smallest absolute Gasteiger partial charge is 0.314 e. The predicted octanol–water partition coefficient (Wildman–Crippen LogP) is 1.97. The lowest BCUT2D eigenvalue weighted by atomic mass is 9.99. The molecule has 0 saturated carbocycles. The maximum Gasteiger partial charge on any atom is 0.314 e. The number of hydrogen-bond donors (Lipinski definition) is 0.